The summed E-state index contributed by atoms with van der Waals surface area (Å²) in [6, 6.07) is 19.2. The predicted molar refractivity (Wildman–Crippen MR) is 184 cm³/mol. The van der Waals surface area contributed by atoms with Gasteiger partial charge in [0.25, 0.3) is 5.91 Å². The highest BCUT2D eigenvalue weighted by Gasteiger charge is 2.39. The molecule has 0 aromatic heterocycles. The maximum absolute atomic E-state index is 14.3. The molecule has 3 heterocycles. The van der Waals surface area contributed by atoms with Gasteiger partial charge in [-0.05, 0) is 49.7 Å². The Morgan fingerprint density at radius 3 is 2.12 bits per heavy atom. The van der Waals surface area contributed by atoms with E-state index in [0.717, 1.165) is 11.3 Å². The lowest BCUT2D eigenvalue weighted by molar-refractivity contribution is -0.130. The van der Waals surface area contributed by atoms with Crippen LogP contribution in [0.1, 0.15) is 62.1 Å². The largest absolute Gasteiger partial charge is 0.496 e. The van der Waals surface area contributed by atoms with Crippen LogP contribution in [-0.4, -0.2) is 42.2 Å². The molecule has 0 radical (unpaired) electrons. The molecule has 1 unspecified atom stereocenters. The SMILES string of the molecule is COc1ccccc1C1C(C(=O)Nc2ccc(C3=NNC(=O)CC3)cc2)=C(C)NC(C)=C1C(=O)Oc1cc(N)ccc1C1=NNC(=O)CC1. The summed E-state index contributed by atoms with van der Waals surface area (Å²) in [7, 11) is 1.52. The molecule has 0 saturated heterocycles. The number of esters is 1. The minimum Gasteiger partial charge on any atom is -0.496 e. The number of methoxy groups -OCH3 is 1. The van der Waals surface area contributed by atoms with Crippen LogP contribution in [0.2, 0.25) is 0 Å². The van der Waals surface area contributed by atoms with Crippen molar-refractivity contribution in [3.8, 4) is 11.5 Å². The van der Waals surface area contributed by atoms with E-state index in [2.05, 4.69) is 31.7 Å². The van der Waals surface area contributed by atoms with Crippen LogP contribution >= 0.6 is 0 Å². The molecule has 3 aliphatic rings. The number of hydrogen-bond acceptors (Lipinski definition) is 10. The highest BCUT2D eigenvalue weighted by Crippen LogP contribution is 2.43. The predicted octanol–water partition coefficient (Wildman–Crippen LogP) is 3.98. The molecule has 3 aromatic rings. The summed E-state index contributed by atoms with van der Waals surface area (Å²) in [4.78, 5) is 51.7. The number of allylic oxidation sites excluding steroid dienone is 2. The molecule has 3 amide bonds. The van der Waals surface area contributed by atoms with Crippen LogP contribution in [0.25, 0.3) is 0 Å². The molecule has 49 heavy (non-hydrogen) atoms. The van der Waals surface area contributed by atoms with E-state index in [-0.39, 0.29) is 35.1 Å². The van der Waals surface area contributed by atoms with Crippen LogP contribution in [-0.2, 0) is 19.2 Å². The standard InChI is InChI=1S/C36H35N7O6/c1-19-32(35(46)39-23-11-8-21(9-12-23)26-14-16-30(44)42-40-26)34(25-6-4-5-7-28(25)48-3)33(20(2)38-19)36(47)49-29-18-22(37)10-13-24(29)27-15-17-31(45)43-41-27/h4-13,18,34,38H,14-17,37H2,1-3H3,(H,39,46)(H,42,44)(H,43,45). The number of nitrogen functional groups attached to an aromatic ring is 1. The topological polar surface area (TPSA) is 186 Å². The third-order valence-electron chi connectivity index (χ3n) is 8.48. The van der Waals surface area contributed by atoms with Crippen molar-refractivity contribution in [2.75, 3.05) is 18.2 Å². The molecule has 0 bridgehead atoms. The van der Waals surface area contributed by atoms with Gasteiger partial charge >= 0.3 is 5.97 Å². The fraction of sp³-hybridized carbons (Fsp3) is 0.222. The van der Waals surface area contributed by atoms with E-state index in [9.17, 15) is 19.2 Å². The number of benzene rings is 3. The molecular weight excluding hydrogens is 626 g/mol. The fourth-order valence-corrected chi connectivity index (χ4v) is 6.09. The molecule has 13 heteroatoms. The molecule has 3 aromatic carbocycles. The Balaban J connectivity index is 1.34. The molecule has 250 valence electrons. The Labute approximate surface area is 282 Å². The van der Waals surface area contributed by atoms with Gasteiger partial charge in [-0.25, -0.2) is 15.6 Å². The summed E-state index contributed by atoms with van der Waals surface area (Å²) < 4.78 is 11.8. The summed E-state index contributed by atoms with van der Waals surface area (Å²) in [5.41, 5.74) is 16.7. The summed E-state index contributed by atoms with van der Waals surface area (Å²) in [5, 5.41) is 14.5. The van der Waals surface area contributed by atoms with E-state index >= 15 is 0 Å². The molecule has 0 saturated carbocycles. The smallest absolute Gasteiger partial charge is 0.342 e. The van der Waals surface area contributed by atoms with E-state index < -0.39 is 17.8 Å². The van der Waals surface area contributed by atoms with Crippen molar-refractivity contribution in [3.05, 3.63) is 106 Å². The molecule has 0 fully saturated rings. The van der Waals surface area contributed by atoms with Crippen LogP contribution in [0.4, 0.5) is 11.4 Å². The molecular formula is C36H35N7O6. The molecule has 6 N–H and O–H groups in total. The highest BCUT2D eigenvalue weighted by atomic mass is 16.5. The Kier molecular flexibility index (Phi) is 9.24. The lowest BCUT2D eigenvalue weighted by Gasteiger charge is -2.31. The number of ether oxygens (including phenoxy) is 2. The van der Waals surface area contributed by atoms with Gasteiger partial charge in [-0.1, -0.05) is 30.3 Å². The molecule has 3 aliphatic heterocycles. The Bertz CT molecular complexity index is 1990. The van der Waals surface area contributed by atoms with Gasteiger partial charge in [-0.3, -0.25) is 14.4 Å². The zero-order valence-corrected chi connectivity index (χ0v) is 27.2. The number of nitrogens with one attached hydrogen (secondary N) is 4. The number of anilines is 2. The second-order valence-corrected chi connectivity index (χ2v) is 11.7. The van der Waals surface area contributed by atoms with Crippen LogP contribution in [0.3, 0.4) is 0 Å². The zero-order chi connectivity index (χ0) is 34.7. The average molecular weight is 662 g/mol. The van der Waals surface area contributed by atoms with E-state index in [4.69, 9.17) is 15.2 Å². The van der Waals surface area contributed by atoms with Crippen molar-refractivity contribution >= 4 is 46.5 Å². The summed E-state index contributed by atoms with van der Waals surface area (Å²) in [6.45, 7) is 3.51. The number of hydrogen-bond donors (Lipinski definition) is 5. The van der Waals surface area contributed by atoms with Crippen LogP contribution in [0, 0.1) is 0 Å². The first-order valence-electron chi connectivity index (χ1n) is 15.7. The van der Waals surface area contributed by atoms with Gasteiger partial charge in [0, 0.05) is 71.2 Å². The lowest BCUT2D eigenvalue weighted by Crippen LogP contribution is -2.35. The number of rotatable bonds is 8. The maximum Gasteiger partial charge on any atom is 0.342 e. The molecule has 0 spiro atoms. The molecule has 0 aliphatic carbocycles. The number of nitrogens with two attached hydrogens (primary N) is 1. The van der Waals surface area contributed by atoms with E-state index in [1.165, 1.54) is 13.2 Å². The van der Waals surface area contributed by atoms with Crippen LogP contribution in [0.5, 0.6) is 11.5 Å². The summed E-state index contributed by atoms with van der Waals surface area (Å²) in [6.07, 6.45) is 1.46. The van der Waals surface area contributed by atoms with Gasteiger partial charge in [0.1, 0.15) is 11.5 Å². The summed E-state index contributed by atoms with van der Waals surface area (Å²) in [5.74, 6) is -1.73. The van der Waals surface area contributed by atoms with Gasteiger partial charge in [-0.15, -0.1) is 0 Å². The maximum atomic E-state index is 14.3. The van der Waals surface area contributed by atoms with Crippen molar-refractivity contribution in [2.45, 2.75) is 45.4 Å². The normalized spacial score (nSPS) is 17.7. The van der Waals surface area contributed by atoms with Gasteiger partial charge in [0.15, 0.2) is 0 Å². The lowest BCUT2D eigenvalue weighted by atomic mass is 9.79. The summed E-state index contributed by atoms with van der Waals surface area (Å²) >= 11 is 0. The van der Waals surface area contributed by atoms with Crippen molar-refractivity contribution < 1.29 is 28.7 Å². The molecule has 13 nitrogen and oxygen atoms in total. The van der Waals surface area contributed by atoms with Crippen LogP contribution < -0.4 is 36.7 Å². The van der Waals surface area contributed by atoms with Gasteiger partial charge in [0.2, 0.25) is 11.8 Å². The number of nitrogens with zero attached hydrogens (tertiary/aromatic N) is 2. The number of dihydropyridines is 1. The van der Waals surface area contributed by atoms with Crippen molar-refractivity contribution in [1.82, 2.24) is 16.2 Å². The number of carbonyl (C=O) groups excluding carboxylic acids is 4. The van der Waals surface area contributed by atoms with Crippen molar-refractivity contribution in [2.24, 2.45) is 10.2 Å². The van der Waals surface area contributed by atoms with Gasteiger partial charge in [0.05, 0.1) is 30.0 Å². The fourth-order valence-electron chi connectivity index (χ4n) is 6.09. The van der Waals surface area contributed by atoms with Crippen molar-refractivity contribution in [3.63, 3.8) is 0 Å². The first-order chi connectivity index (χ1) is 23.6. The molecule has 1 atom stereocenters. The molecule has 6 rings (SSSR count). The Morgan fingerprint density at radius 1 is 0.816 bits per heavy atom. The minimum atomic E-state index is -0.889. The number of para-hydroxylation sites is 1. The van der Waals surface area contributed by atoms with E-state index in [1.54, 1.807) is 56.3 Å². The average Bonchev–Trinajstić information content (AvgIpc) is 3.09. The second-order valence-electron chi connectivity index (χ2n) is 11.7. The van der Waals surface area contributed by atoms with Gasteiger partial charge < -0.3 is 25.8 Å². The number of amides is 3. The third kappa shape index (κ3) is 6.91. The monoisotopic (exact) mass is 661 g/mol. The van der Waals surface area contributed by atoms with E-state index in [0.29, 0.717) is 64.6 Å². The number of hydrazone groups is 2. The highest BCUT2D eigenvalue weighted by molar-refractivity contribution is 6.10. The first-order valence-corrected chi connectivity index (χ1v) is 15.7. The number of carbonyl (C=O) groups is 4. The first kappa shape index (κ1) is 32.7. The Morgan fingerprint density at radius 2 is 1.47 bits per heavy atom. The van der Waals surface area contributed by atoms with Gasteiger partial charge in [-0.2, -0.15) is 10.2 Å². The van der Waals surface area contributed by atoms with Crippen molar-refractivity contribution in [1.29, 1.82) is 0 Å². The third-order valence-corrected chi connectivity index (χ3v) is 8.48. The quantitative estimate of drug-likeness (QED) is 0.136. The minimum absolute atomic E-state index is 0.128. The van der Waals surface area contributed by atoms with E-state index in [1.807, 2.05) is 18.2 Å². The Hall–Kier alpha value is -6.24. The second kappa shape index (κ2) is 13.9. The zero-order valence-electron chi connectivity index (χ0n) is 27.2. The van der Waals surface area contributed by atoms with Crippen LogP contribution in [0.15, 0.2) is 99.5 Å².